The van der Waals surface area contributed by atoms with Crippen molar-refractivity contribution in [1.82, 2.24) is 0 Å². The standard InChI is InChI=1S/C21H22Cl2/c1-2-3-15-4-6-16(7-5-15)17-8-10-18(11-9-17)19-12-13-20(22)21(23)14-19/h2-3,8-16H,4-7H2,1H3/t15-,16-. The molecule has 1 aliphatic carbocycles. The molecular formula is C21H22Cl2. The summed E-state index contributed by atoms with van der Waals surface area (Å²) >= 11 is 12.1. The van der Waals surface area contributed by atoms with Gasteiger partial charge in [-0.2, -0.15) is 0 Å². The number of halogens is 2. The van der Waals surface area contributed by atoms with E-state index in [9.17, 15) is 0 Å². The number of hydrogen-bond acceptors (Lipinski definition) is 0. The van der Waals surface area contributed by atoms with E-state index < -0.39 is 0 Å². The zero-order valence-corrected chi connectivity index (χ0v) is 14.9. The molecule has 0 spiro atoms. The maximum absolute atomic E-state index is 6.12. The van der Waals surface area contributed by atoms with Gasteiger partial charge in [0, 0.05) is 0 Å². The second-order valence-electron chi connectivity index (χ2n) is 6.39. The fourth-order valence-electron chi connectivity index (χ4n) is 3.54. The van der Waals surface area contributed by atoms with Crippen molar-refractivity contribution >= 4 is 23.2 Å². The molecule has 0 atom stereocenters. The molecule has 0 amide bonds. The molecule has 0 N–H and O–H groups in total. The Balaban J connectivity index is 1.71. The molecule has 0 bridgehead atoms. The largest absolute Gasteiger partial charge is 0.0914 e. The van der Waals surface area contributed by atoms with Crippen molar-refractivity contribution in [3.63, 3.8) is 0 Å². The second kappa shape index (κ2) is 7.55. The molecule has 1 fully saturated rings. The molecule has 0 aliphatic heterocycles. The van der Waals surface area contributed by atoms with Crippen molar-refractivity contribution in [3.8, 4) is 11.1 Å². The molecule has 2 aromatic rings. The van der Waals surface area contributed by atoms with Crippen molar-refractivity contribution in [2.45, 2.75) is 38.5 Å². The van der Waals surface area contributed by atoms with Crippen LogP contribution < -0.4 is 0 Å². The van der Waals surface area contributed by atoms with Crippen LogP contribution in [-0.2, 0) is 0 Å². The minimum atomic E-state index is 0.602. The average molecular weight is 345 g/mol. The highest BCUT2D eigenvalue weighted by atomic mass is 35.5. The number of hydrogen-bond donors (Lipinski definition) is 0. The van der Waals surface area contributed by atoms with Crippen molar-refractivity contribution in [1.29, 1.82) is 0 Å². The molecule has 0 heterocycles. The van der Waals surface area contributed by atoms with E-state index in [2.05, 4.69) is 43.3 Å². The van der Waals surface area contributed by atoms with Gasteiger partial charge < -0.3 is 0 Å². The highest BCUT2D eigenvalue weighted by Gasteiger charge is 2.20. The van der Waals surface area contributed by atoms with Gasteiger partial charge in [0.2, 0.25) is 0 Å². The maximum Gasteiger partial charge on any atom is 0.0598 e. The summed E-state index contributed by atoms with van der Waals surface area (Å²) in [4.78, 5) is 0. The Labute approximate surface area is 149 Å². The van der Waals surface area contributed by atoms with E-state index >= 15 is 0 Å². The van der Waals surface area contributed by atoms with E-state index in [1.54, 1.807) is 0 Å². The third-order valence-corrected chi connectivity index (χ3v) is 5.61. The Morgan fingerprint density at radius 3 is 2.09 bits per heavy atom. The summed E-state index contributed by atoms with van der Waals surface area (Å²) in [6.07, 6.45) is 9.76. The van der Waals surface area contributed by atoms with Crippen LogP contribution in [0.5, 0.6) is 0 Å². The fraction of sp³-hybridized carbons (Fsp3) is 0.333. The van der Waals surface area contributed by atoms with Crippen LogP contribution in [0.3, 0.4) is 0 Å². The molecule has 0 aromatic heterocycles. The highest BCUT2D eigenvalue weighted by molar-refractivity contribution is 6.42. The first kappa shape index (κ1) is 16.6. The van der Waals surface area contributed by atoms with Gasteiger partial charge in [-0.1, -0.05) is 65.7 Å². The van der Waals surface area contributed by atoms with Gasteiger partial charge in [-0.15, -0.1) is 0 Å². The van der Waals surface area contributed by atoms with Crippen molar-refractivity contribution in [2.75, 3.05) is 0 Å². The van der Waals surface area contributed by atoms with Crippen LogP contribution in [0.1, 0.15) is 44.1 Å². The Morgan fingerprint density at radius 1 is 0.826 bits per heavy atom. The van der Waals surface area contributed by atoms with Crippen LogP contribution in [-0.4, -0.2) is 0 Å². The summed E-state index contributed by atoms with van der Waals surface area (Å²) in [6.45, 7) is 2.12. The Bertz CT molecular complexity index is 677. The average Bonchev–Trinajstić information content (AvgIpc) is 2.59. The molecular weight excluding hydrogens is 323 g/mol. The molecule has 0 radical (unpaired) electrons. The minimum Gasteiger partial charge on any atom is -0.0914 e. The molecule has 0 unspecified atom stereocenters. The Kier molecular flexibility index (Phi) is 5.46. The highest BCUT2D eigenvalue weighted by Crippen LogP contribution is 2.37. The summed E-state index contributed by atoms with van der Waals surface area (Å²) in [5, 5.41) is 1.21. The molecule has 3 rings (SSSR count). The van der Waals surface area contributed by atoms with Crippen molar-refractivity contribution in [3.05, 3.63) is 70.2 Å². The maximum atomic E-state index is 6.12. The summed E-state index contributed by atoms with van der Waals surface area (Å²) in [7, 11) is 0. The summed E-state index contributed by atoms with van der Waals surface area (Å²) < 4.78 is 0. The van der Waals surface area contributed by atoms with Gasteiger partial charge in [0.15, 0.2) is 0 Å². The quantitative estimate of drug-likeness (QED) is 0.505. The number of allylic oxidation sites excluding steroid dienone is 2. The molecule has 0 saturated heterocycles. The van der Waals surface area contributed by atoms with E-state index in [1.807, 2.05) is 18.2 Å². The molecule has 1 aliphatic rings. The molecule has 1 saturated carbocycles. The van der Waals surface area contributed by atoms with Gasteiger partial charge >= 0.3 is 0 Å². The van der Waals surface area contributed by atoms with Crippen LogP contribution in [0.15, 0.2) is 54.6 Å². The van der Waals surface area contributed by atoms with Gasteiger partial charge in [-0.25, -0.2) is 0 Å². The predicted molar refractivity (Wildman–Crippen MR) is 101 cm³/mol. The number of benzene rings is 2. The zero-order chi connectivity index (χ0) is 16.2. The first-order valence-electron chi connectivity index (χ1n) is 8.35. The van der Waals surface area contributed by atoms with Gasteiger partial charge in [0.25, 0.3) is 0 Å². The second-order valence-corrected chi connectivity index (χ2v) is 7.20. The lowest BCUT2D eigenvalue weighted by atomic mass is 9.78. The van der Waals surface area contributed by atoms with Gasteiger partial charge in [-0.05, 0) is 73.3 Å². The van der Waals surface area contributed by atoms with Crippen LogP contribution in [0.4, 0.5) is 0 Å². The first-order valence-corrected chi connectivity index (χ1v) is 9.11. The Hall–Kier alpha value is -1.24. The lowest BCUT2D eigenvalue weighted by Crippen LogP contribution is -2.11. The molecule has 23 heavy (non-hydrogen) atoms. The normalized spacial score (nSPS) is 21.7. The van der Waals surface area contributed by atoms with Crippen LogP contribution in [0.25, 0.3) is 11.1 Å². The molecule has 120 valence electrons. The summed E-state index contributed by atoms with van der Waals surface area (Å²) in [5.41, 5.74) is 3.77. The SMILES string of the molecule is CC=C[C@H]1CC[C@H](c2ccc(-c3ccc(Cl)c(Cl)c3)cc2)CC1. The predicted octanol–water partition coefficient (Wildman–Crippen LogP) is 7.51. The van der Waals surface area contributed by atoms with Crippen LogP contribution >= 0.6 is 23.2 Å². The van der Waals surface area contributed by atoms with Gasteiger partial charge in [0.1, 0.15) is 0 Å². The van der Waals surface area contributed by atoms with Crippen molar-refractivity contribution in [2.24, 2.45) is 5.92 Å². The molecule has 2 aromatic carbocycles. The van der Waals surface area contributed by atoms with E-state index in [4.69, 9.17) is 23.2 Å². The number of rotatable bonds is 3. The third-order valence-electron chi connectivity index (χ3n) is 4.87. The van der Waals surface area contributed by atoms with Gasteiger partial charge in [-0.3, -0.25) is 0 Å². The minimum absolute atomic E-state index is 0.602. The summed E-state index contributed by atoms with van der Waals surface area (Å²) in [6, 6.07) is 14.8. The Morgan fingerprint density at radius 2 is 1.48 bits per heavy atom. The lowest BCUT2D eigenvalue weighted by molar-refractivity contribution is 0.376. The zero-order valence-electron chi connectivity index (χ0n) is 13.4. The first-order chi connectivity index (χ1) is 11.2. The fourth-order valence-corrected chi connectivity index (χ4v) is 3.84. The molecule has 0 nitrogen and oxygen atoms in total. The molecule has 2 heteroatoms. The third kappa shape index (κ3) is 4.00. The van der Waals surface area contributed by atoms with E-state index in [0.29, 0.717) is 16.0 Å². The lowest BCUT2D eigenvalue weighted by Gasteiger charge is -2.27. The van der Waals surface area contributed by atoms with Crippen LogP contribution in [0.2, 0.25) is 10.0 Å². The van der Waals surface area contributed by atoms with Crippen LogP contribution in [0, 0.1) is 5.92 Å². The topological polar surface area (TPSA) is 0 Å². The van der Waals surface area contributed by atoms with Crippen molar-refractivity contribution < 1.29 is 0 Å². The van der Waals surface area contributed by atoms with E-state index in [0.717, 1.165) is 11.5 Å². The van der Waals surface area contributed by atoms with E-state index in [1.165, 1.54) is 36.8 Å². The monoisotopic (exact) mass is 344 g/mol. The van der Waals surface area contributed by atoms with E-state index in [-0.39, 0.29) is 0 Å². The van der Waals surface area contributed by atoms with Gasteiger partial charge in [0.05, 0.1) is 10.0 Å². The summed E-state index contributed by atoms with van der Waals surface area (Å²) in [5.74, 6) is 1.49. The smallest absolute Gasteiger partial charge is 0.0598 e.